The number of carbonyl (C=O) groups is 3. The van der Waals surface area contributed by atoms with E-state index in [1.54, 1.807) is 0 Å². The van der Waals surface area contributed by atoms with Crippen molar-refractivity contribution in [2.24, 2.45) is 0 Å². The predicted octanol–water partition coefficient (Wildman–Crippen LogP) is 2.73. The number of nitrogens with zero attached hydrogens (tertiary/aromatic N) is 2. The topological polar surface area (TPSA) is 130 Å². The van der Waals surface area contributed by atoms with Gasteiger partial charge in [0, 0.05) is 12.1 Å². The molecule has 2 aromatic carbocycles. The predicted molar refractivity (Wildman–Crippen MR) is 97.9 cm³/mol. The zero-order chi connectivity index (χ0) is 19.7. The molecular formula is C17H10BrN3O6. The zero-order valence-corrected chi connectivity index (χ0v) is 15.0. The van der Waals surface area contributed by atoms with Gasteiger partial charge in [-0.15, -0.1) is 0 Å². The number of aromatic hydroxyl groups is 1. The Balaban J connectivity index is 2.03. The van der Waals surface area contributed by atoms with Gasteiger partial charge in [-0.2, -0.15) is 0 Å². The number of phenolic OH excluding ortho intramolecular Hbond substituents is 1. The molecule has 0 spiro atoms. The highest BCUT2D eigenvalue weighted by Crippen LogP contribution is 2.28. The van der Waals surface area contributed by atoms with Crippen molar-refractivity contribution in [2.45, 2.75) is 0 Å². The molecular weight excluding hydrogens is 422 g/mol. The third kappa shape index (κ3) is 3.55. The molecule has 0 radical (unpaired) electrons. The summed E-state index contributed by atoms with van der Waals surface area (Å²) in [6, 6.07) is 8.26. The van der Waals surface area contributed by atoms with Gasteiger partial charge >= 0.3 is 6.03 Å². The molecule has 1 heterocycles. The molecule has 2 aromatic rings. The van der Waals surface area contributed by atoms with Gasteiger partial charge in [0.25, 0.3) is 17.5 Å². The average molecular weight is 432 g/mol. The van der Waals surface area contributed by atoms with Crippen LogP contribution in [0.5, 0.6) is 5.75 Å². The molecule has 136 valence electrons. The number of amides is 4. The summed E-state index contributed by atoms with van der Waals surface area (Å²) in [5, 5.41) is 22.5. The first kappa shape index (κ1) is 18.3. The van der Waals surface area contributed by atoms with Gasteiger partial charge < -0.3 is 5.11 Å². The number of urea groups is 1. The summed E-state index contributed by atoms with van der Waals surface area (Å²) >= 11 is 3.13. The average Bonchev–Trinajstić information content (AvgIpc) is 2.61. The van der Waals surface area contributed by atoms with Crippen molar-refractivity contribution in [1.29, 1.82) is 0 Å². The number of barbiturate groups is 1. The molecule has 0 aliphatic carbocycles. The summed E-state index contributed by atoms with van der Waals surface area (Å²) in [6.45, 7) is 0. The van der Waals surface area contributed by atoms with E-state index in [0.717, 1.165) is 6.07 Å². The highest BCUT2D eigenvalue weighted by atomic mass is 79.9. The van der Waals surface area contributed by atoms with Crippen molar-refractivity contribution in [3.05, 3.63) is 68.2 Å². The molecule has 2 N–H and O–H groups in total. The van der Waals surface area contributed by atoms with Crippen LogP contribution in [0.1, 0.15) is 5.56 Å². The zero-order valence-electron chi connectivity index (χ0n) is 13.4. The van der Waals surface area contributed by atoms with Gasteiger partial charge in [0.15, 0.2) is 0 Å². The molecule has 1 fully saturated rings. The first-order valence-corrected chi connectivity index (χ1v) is 8.21. The monoisotopic (exact) mass is 431 g/mol. The summed E-state index contributed by atoms with van der Waals surface area (Å²) < 4.78 is 0.354. The van der Waals surface area contributed by atoms with Gasteiger partial charge in [-0.1, -0.05) is 12.1 Å². The molecule has 1 saturated heterocycles. The second-order valence-corrected chi connectivity index (χ2v) is 6.30. The van der Waals surface area contributed by atoms with Crippen molar-refractivity contribution in [3.63, 3.8) is 0 Å². The van der Waals surface area contributed by atoms with Crippen molar-refractivity contribution in [3.8, 4) is 5.75 Å². The van der Waals surface area contributed by atoms with Crippen LogP contribution in [0.4, 0.5) is 16.2 Å². The smallest absolute Gasteiger partial charge is 0.335 e. The lowest BCUT2D eigenvalue weighted by molar-refractivity contribution is -0.384. The number of phenols is 1. The van der Waals surface area contributed by atoms with Crippen LogP contribution in [0.25, 0.3) is 6.08 Å². The van der Waals surface area contributed by atoms with E-state index in [4.69, 9.17) is 0 Å². The van der Waals surface area contributed by atoms with Gasteiger partial charge in [0.05, 0.1) is 15.1 Å². The molecule has 27 heavy (non-hydrogen) atoms. The normalized spacial score (nSPS) is 15.8. The SMILES string of the molecule is O=C1NC(=O)N(c2cccc([N+](=O)[O-])c2)C(=O)/C1=C\c1ccc(O)c(Br)c1. The van der Waals surface area contributed by atoms with Crippen LogP contribution in [0, 0.1) is 10.1 Å². The number of rotatable bonds is 3. The van der Waals surface area contributed by atoms with Crippen LogP contribution in [0.3, 0.4) is 0 Å². The summed E-state index contributed by atoms with van der Waals surface area (Å²) in [5.41, 5.74) is -0.264. The number of hydrogen-bond acceptors (Lipinski definition) is 6. The Morgan fingerprint density at radius 1 is 1.15 bits per heavy atom. The first-order valence-electron chi connectivity index (χ1n) is 7.42. The summed E-state index contributed by atoms with van der Waals surface area (Å²) in [5.74, 6) is -1.84. The molecule has 3 rings (SSSR count). The second-order valence-electron chi connectivity index (χ2n) is 5.45. The van der Waals surface area contributed by atoms with Crippen molar-refractivity contribution < 1.29 is 24.4 Å². The van der Waals surface area contributed by atoms with Crippen LogP contribution >= 0.6 is 15.9 Å². The third-order valence-electron chi connectivity index (χ3n) is 3.68. The number of hydrogen-bond donors (Lipinski definition) is 2. The second kappa shape index (κ2) is 7.00. The van der Waals surface area contributed by atoms with Crippen LogP contribution in [0.2, 0.25) is 0 Å². The highest BCUT2D eigenvalue weighted by molar-refractivity contribution is 9.10. The molecule has 0 saturated carbocycles. The minimum Gasteiger partial charge on any atom is -0.507 e. The summed E-state index contributed by atoms with van der Waals surface area (Å²) in [6.07, 6.45) is 1.25. The summed E-state index contributed by atoms with van der Waals surface area (Å²) in [7, 11) is 0. The van der Waals surface area contributed by atoms with E-state index >= 15 is 0 Å². The molecule has 1 aliphatic rings. The first-order chi connectivity index (χ1) is 12.8. The van der Waals surface area contributed by atoms with Crippen LogP contribution in [-0.2, 0) is 9.59 Å². The Labute approximate surface area is 160 Å². The maximum atomic E-state index is 12.7. The number of nitrogens with one attached hydrogen (secondary N) is 1. The fourth-order valence-corrected chi connectivity index (χ4v) is 2.81. The Hall–Kier alpha value is -3.53. The molecule has 0 atom stereocenters. The van der Waals surface area contributed by atoms with E-state index in [1.165, 1.54) is 42.5 Å². The van der Waals surface area contributed by atoms with E-state index in [9.17, 15) is 29.6 Å². The Morgan fingerprint density at radius 2 is 1.89 bits per heavy atom. The number of nitro benzene ring substituents is 1. The standard InChI is InChI=1S/C17H10BrN3O6/c18-13-7-9(4-5-14(13)22)6-12-15(23)19-17(25)20(16(12)24)10-2-1-3-11(8-10)21(26)27/h1-8,22H,(H,19,23,25)/b12-6-. The lowest BCUT2D eigenvalue weighted by atomic mass is 10.1. The van der Waals surface area contributed by atoms with Gasteiger partial charge in [-0.05, 0) is 45.8 Å². The number of carbonyl (C=O) groups excluding carboxylic acids is 3. The number of non-ortho nitro benzene ring substituents is 1. The Kier molecular flexibility index (Phi) is 4.74. The van der Waals surface area contributed by atoms with Crippen LogP contribution in [-0.4, -0.2) is 27.9 Å². The number of nitro groups is 1. The number of benzene rings is 2. The molecule has 4 amide bonds. The highest BCUT2D eigenvalue weighted by Gasteiger charge is 2.37. The van der Waals surface area contributed by atoms with Gasteiger partial charge in [0.1, 0.15) is 11.3 Å². The quantitative estimate of drug-likeness (QED) is 0.332. The number of halogens is 1. The van der Waals surface area contributed by atoms with Crippen molar-refractivity contribution in [1.82, 2.24) is 5.32 Å². The van der Waals surface area contributed by atoms with E-state index in [2.05, 4.69) is 15.9 Å². The Morgan fingerprint density at radius 3 is 2.56 bits per heavy atom. The van der Waals surface area contributed by atoms with Gasteiger partial charge in [-0.3, -0.25) is 25.0 Å². The van der Waals surface area contributed by atoms with E-state index in [0.29, 0.717) is 14.9 Å². The lowest BCUT2D eigenvalue weighted by Gasteiger charge is -2.26. The van der Waals surface area contributed by atoms with E-state index in [-0.39, 0.29) is 22.7 Å². The van der Waals surface area contributed by atoms with Crippen molar-refractivity contribution >= 4 is 51.2 Å². The molecule has 10 heteroatoms. The Bertz CT molecular complexity index is 1030. The number of anilines is 1. The van der Waals surface area contributed by atoms with Crippen molar-refractivity contribution in [2.75, 3.05) is 4.90 Å². The lowest BCUT2D eigenvalue weighted by Crippen LogP contribution is -2.54. The molecule has 9 nitrogen and oxygen atoms in total. The minimum atomic E-state index is -1.01. The van der Waals surface area contributed by atoms with Crippen LogP contribution in [0.15, 0.2) is 52.5 Å². The van der Waals surface area contributed by atoms with E-state index in [1.807, 2.05) is 5.32 Å². The van der Waals surface area contributed by atoms with Gasteiger partial charge in [0.2, 0.25) is 0 Å². The minimum absolute atomic E-state index is 0.0232. The molecule has 0 unspecified atom stereocenters. The molecule has 1 aliphatic heterocycles. The fourth-order valence-electron chi connectivity index (χ4n) is 2.42. The van der Waals surface area contributed by atoms with E-state index < -0.39 is 22.8 Å². The molecule has 0 bridgehead atoms. The summed E-state index contributed by atoms with van der Waals surface area (Å²) in [4.78, 5) is 47.9. The molecule has 0 aromatic heterocycles. The maximum Gasteiger partial charge on any atom is 0.335 e. The third-order valence-corrected chi connectivity index (χ3v) is 4.32. The maximum absolute atomic E-state index is 12.7. The number of imide groups is 2. The van der Waals surface area contributed by atoms with Crippen LogP contribution < -0.4 is 10.2 Å². The largest absolute Gasteiger partial charge is 0.507 e. The fraction of sp³-hybridized carbons (Fsp3) is 0. The van der Waals surface area contributed by atoms with Gasteiger partial charge in [-0.25, -0.2) is 9.69 Å².